The van der Waals surface area contributed by atoms with E-state index in [4.69, 9.17) is 0 Å². The molecule has 7 heteroatoms. The van der Waals surface area contributed by atoms with Gasteiger partial charge in [-0.25, -0.2) is 4.79 Å². The summed E-state index contributed by atoms with van der Waals surface area (Å²) in [5.41, 5.74) is 0.439. The monoisotopic (exact) mass is 266 g/mol. The molecule has 1 rings (SSSR count). The van der Waals surface area contributed by atoms with E-state index >= 15 is 0 Å². The normalized spacial score (nSPS) is 11.5. The molecule has 1 amide bonds. The van der Waals surface area contributed by atoms with Crippen molar-refractivity contribution in [2.45, 2.75) is 19.9 Å². The fourth-order valence-electron chi connectivity index (χ4n) is 1.46. The average Bonchev–Trinajstić information content (AvgIpc) is 2.37. The molecule has 0 aliphatic rings. The minimum atomic E-state index is -0.821. The van der Waals surface area contributed by atoms with E-state index in [2.05, 4.69) is 10.1 Å². The molecule has 0 unspecified atom stereocenters. The first-order chi connectivity index (χ1) is 8.86. The molecule has 0 fully saturated rings. The topological polar surface area (TPSA) is 98.5 Å². The van der Waals surface area contributed by atoms with Crippen LogP contribution >= 0.6 is 0 Å². The van der Waals surface area contributed by atoms with Crippen LogP contribution in [0.15, 0.2) is 18.2 Å². The Bertz CT molecular complexity index is 527. The molecule has 0 bridgehead atoms. The Kier molecular flexibility index (Phi) is 4.57. The van der Waals surface area contributed by atoms with E-state index in [1.807, 2.05) is 0 Å². The van der Waals surface area contributed by atoms with Gasteiger partial charge in [-0.15, -0.1) is 0 Å². The lowest BCUT2D eigenvalue weighted by Crippen LogP contribution is -2.39. The van der Waals surface area contributed by atoms with Crippen molar-refractivity contribution in [1.82, 2.24) is 5.32 Å². The summed E-state index contributed by atoms with van der Waals surface area (Å²) < 4.78 is 4.47. The van der Waals surface area contributed by atoms with Crippen LogP contribution in [0.4, 0.5) is 5.69 Å². The lowest BCUT2D eigenvalue weighted by atomic mass is 10.1. The molecule has 7 nitrogen and oxygen atoms in total. The number of benzene rings is 1. The molecule has 1 aromatic carbocycles. The number of aryl methyl sites for hydroxylation is 1. The Morgan fingerprint density at radius 3 is 2.58 bits per heavy atom. The first-order valence-electron chi connectivity index (χ1n) is 5.50. The Hall–Kier alpha value is -2.44. The van der Waals surface area contributed by atoms with E-state index in [1.165, 1.54) is 32.2 Å². The van der Waals surface area contributed by atoms with Gasteiger partial charge in [0.2, 0.25) is 0 Å². The predicted molar refractivity (Wildman–Crippen MR) is 66.8 cm³/mol. The SMILES string of the molecule is COC(=O)[C@@H](C)NC(=O)c1ccc(C)c([N+](=O)[O-])c1. The molecular formula is C12H14N2O5. The third-order valence-electron chi connectivity index (χ3n) is 2.57. The highest BCUT2D eigenvalue weighted by Crippen LogP contribution is 2.19. The number of nitrogens with zero attached hydrogens (tertiary/aromatic N) is 1. The summed E-state index contributed by atoms with van der Waals surface area (Å²) in [5, 5.41) is 13.2. The number of nitrogens with one attached hydrogen (secondary N) is 1. The quantitative estimate of drug-likeness (QED) is 0.501. The van der Waals surface area contributed by atoms with Gasteiger partial charge in [0.05, 0.1) is 12.0 Å². The predicted octanol–water partition coefficient (Wildman–Crippen LogP) is 1.19. The molecule has 0 saturated heterocycles. The zero-order valence-electron chi connectivity index (χ0n) is 10.8. The van der Waals surface area contributed by atoms with Crippen LogP contribution in [0.2, 0.25) is 0 Å². The van der Waals surface area contributed by atoms with Gasteiger partial charge < -0.3 is 10.1 Å². The molecule has 102 valence electrons. The van der Waals surface area contributed by atoms with Crippen molar-refractivity contribution < 1.29 is 19.2 Å². The van der Waals surface area contributed by atoms with Crippen LogP contribution in [0.5, 0.6) is 0 Å². The Balaban J connectivity index is 2.92. The van der Waals surface area contributed by atoms with E-state index in [0.29, 0.717) is 5.56 Å². The molecule has 0 spiro atoms. The smallest absolute Gasteiger partial charge is 0.328 e. The van der Waals surface area contributed by atoms with Crippen molar-refractivity contribution in [3.63, 3.8) is 0 Å². The van der Waals surface area contributed by atoms with Crippen LogP contribution in [0.25, 0.3) is 0 Å². The van der Waals surface area contributed by atoms with Gasteiger partial charge in [-0.1, -0.05) is 6.07 Å². The van der Waals surface area contributed by atoms with Crippen molar-refractivity contribution in [2.24, 2.45) is 0 Å². The van der Waals surface area contributed by atoms with Gasteiger partial charge in [0.25, 0.3) is 11.6 Å². The summed E-state index contributed by atoms with van der Waals surface area (Å²) in [6, 6.07) is 3.30. The first-order valence-corrected chi connectivity index (χ1v) is 5.50. The molecule has 1 N–H and O–H groups in total. The largest absolute Gasteiger partial charge is 0.467 e. The standard InChI is InChI=1S/C12H14N2O5/c1-7-4-5-9(6-10(7)14(17)18)11(15)13-8(2)12(16)19-3/h4-6,8H,1-3H3,(H,13,15)/t8-/m1/s1. The molecule has 1 aromatic rings. The number of hydrogen-bond acceptors (Lipinski definition) is 5. The number of amides is 1. The van der Waals surface area contributed by atoms with Gasteiger partial charge >= 0.3 is 5.97 Å². The second-order valence-corrected chi connectivity index (χ2v) is 3.98. The fraction of sp³-hybridized carbons (Fsp3) is 0.333. The van der Waals surface area contributed by atoms with Gasteiger partial charge in [0, 0.05) is 17.2 Å². The molecule has 0 heterocycles. The van der Waals surface area contributed by atoms with E-state index in [0.717, 1.165) is 0 Å². The summed E-state index contributed by atoms with van der Waals surface area (Å²) in [6.45, 7) is 3.04. The number of methoxy groups -OCH3 is 1. The fourth-order valence-corrected chi connectivity index (χ4v) is 1.46. The van der Waals surface area contributed by atoms with Crippen LogP contribution in [0, 0.1) is 17.0 Å². The molecule has 19 heavy (non-hydrogen) atoms. The number of carbonyl (C=O) groups is 2. The third-order valence-corrected chi connectivity index (χ3v) is 2.57. The summed E-state index contributed by atoms with van der Waals surface area (Å²) in [4.78, 5) is 33.2. The van der Waals surface area contributed by atoms with Crippen molar-refractivity contribution in [1.29, 1.82) is 0 Å². The van der Waals surface area contributed by atoms with Gasteiger partial charge in [0.1, 0.15) is 6.04 Å². The Labute approximate surface area is 109 Å². The molecule has 0 radical (unpaired) electrons. The summed E-state index contributed by atoms with van der Waals surface area (Å²) in [5.74, 6) is -1.16. The van der Waals surface area contributed by atoms with Crippen LogP contribution in [-0.4, -0.2) is 30.0 Å². The highest BCUT2D eigenvalue weighted by molar-refractivity contribution is 5.97. The Morgan fingerprint density at radius 2 is 2.05 bits per heavy atom. The van der Waals surface area contributed by atoms with E-state index in [1.54, 1.807) is 6.92 Å². The lowest BCUT2D eigenvalue weighted by molar-refractivity contribution is -0.385. The maximum Gasteiger partial charge on any atom is 0.328 e. The van der Waals surface area contributed by atoms with Crippen molar-refractivity contribution in [2.75, 3.05) is 7.11 Å². The molecular weight excluding hydrogens is 252 g/mol. The van der Waals surface area contributed by atoms with Crippen LogP contribution < -0.4 is 5.32 Å². The number of carbonyl (C=O) groups excluding carboxylic acids is 2. The number of nitro groups is 1. The third kappa shape index (κ3) is 3.51. The minimum absolute atomic E-state index is 0.119. The van der Waals surface area contributed by atoms with E-state index < -0.39 is 22.8 Å². The summed E-state index contributed by atoms with van der Waals surface area (Å²) in [6.07, 6.45) is 0. The van der Waals surface area contributed by atoms with E-state index in [-0.39, 0.29) is 11.3 Å². The highest BCUT2D eigenvalue weighted by atomic mass is 16.6. The second kappa shape index (κ2) is 5.94. The van der Waals surface area contributed by atoms with Crippen LogP contribution in [0.3, 0.4) is 0 Å². The van der Waals surface area contributed by atoms with Gasteiger partial charge in [0.15, 0.2) is 0 Å². The minimum Gasteiger partial charge on any atom is -0.467 e. The van der Waals surface area contributed by atoms with Crippen molar-refractivity contribution in [3.05, 3.63) is 39.4 Å². The van der Waals surface area contributed by atoms with Gasteiger partial charge in [-0.2, -0.15) is 0 Å². The average molecular weight is 266 g/mol. The maximum absolute atomic E-state index is 11.8. The lowest BCUT2D eigenvalue weighted by Gasteiger charge is -2.11. The number of rotatable bonds is 4. The molecule has 0 saturated carbocycles. The zero-order chi connectivity index (χ0) is 14.6. The summed E-state index contributed by atoms with van der Waals surface area (Å²) in [7, 11) is 1.21. The molecule has 0 aliphatic heterocycles. The summed E-state index contributed by atoms with van der Waals surface area (Å²) >= 11 is 0. The molecule has 0 aliphatic carbocycles. The van der Waals surface area contributed by atoms with E-state index in [9.17, 15) is 19.7 Å². The molecule has 0 aromatic heterocycles. The Morgan fingerprint density at radius 1 is 1.42 bits per heavy atom. The number of hydrogen-bond donors (Lipinski definition) is 1. The van der Waals surface area contributed by atoms with Gasteiger partial charge in [-0.3, -0.25) is 14.9 Å². The van der Waals surface area contributed by atoms with Crippen LogP contribution in [-0.2, 0) is 9.53 Å². The second-order valence-electron chi connectivity index (χ2n) is 3.98. The van der Waals surface area contributed by atoms with Crippen molar-refractivity contribution >= 4 is 17.6 Å². The highest BCUT2D eigenvalue weighted by Gasteiger charge is 2.19. The number of esters is 1. The zero-order valence-corrected chi connectivity index (χ0v) is 10.8. The first kappa shape index (κ1) is 14.6. The molecule has 1 atom stereocenters. The number of ether oxygens (including phenoxy) is 1. The van der Waals surface area contributed by atoms with Gasteiger partial charge in [-0.05, 0) is 19.9 Å². The van der Waals surface area contributed by atoms with Crippen LogP contribution in [0.1, 0.15) is 22.8 Å². The van der Waals surface area contributed by atoms with Crippen molar-refractivity contribution in [3.8, 4) is 0 Å². The maximum atomic E-state index is 11.8. The number of nitro benzene ring substituents is 1.